The predicted molar refractivity (Wildman–Crippen MR) is 111 cm³/mol. The van der Waals surface area contributed by atoms with E-state index in [4.69, 9.17) is 4.74 Å². The van der Waals surface area contributed by atoms with Gasteiger partial charge in [0.05, 0.1) is 12.7 Å². The minimum atomic E-state index is -0.907. The lowest BCUT2D eigenvalue weighted by Crippen LogP contribution is -1.96. The SMILES string of the molecule is CCc1ccc2c(F)c(-c3cc(F)c(-c4ccc(OC)c(F)c4)c(F)c3)ccc2c1. The van der Waals surface area contributed by atoms with Crippen molar-refractivity contribution in [3.8, 4) is 28.0 Å². The topological polar surface area (TPSA) is 9.23 Å². The normalized spacial score (nSPS) is 11.1. The van der Waals surface area contributed by atoms with Crippen molar-refractivity contribution >= 4 is 10.8 Å². The molecule has 0 spiro atoms. The maximum Gasteiger partial charge on any atom is 0.165 e. The van der Waals surface area contributed by atoms with E-state index < -0.39 is 23.3 Å². The molecular formula is C25H18F4O. The quantitative estimate of drug-likeness (QED) is 0.321. The number of halogens is 4. The number of hydrogen-bond acceptors (Lipinski definition) is 1. The molecule has 0 N–H and O–H groups in total. The van der Waals surface area contributed by atoms with Gasteiger partial charge in [0.15, 0.2) is 11.6 Å². The van der Waals surface area contributed by atoms with Gasteiger partial charge in [-0.1, -0.05) is 43.3 Å². The molecule has 0 aliphatic heterocycles. The van der Waals surface area contributed by atoms with E-state index in [0.717, 1.165) is 35.6 Å². The van der Waals surface area contributed by atoms with Gasteiger partial charge < -0.3 is 4.74 Å². The minimum absolute atomic E-state index is 0.0272. The Morgan fingerprint density at radius 2 is 1.43 bits per heavy atom. The summed E-state index contributed by atoms with van der Waals surface area (Å²) < 4.78 is 63.6. The van der Waals surface area contributed by atoms with Gasteiger partial charge in [-0.2, -0.15) is 0 Å². The predicted octanol–water partition coefficient (Wildman–Crippen LogP) is 7.30. The molecule has 0 aliphatic carbocycles. The molecule has 0 amide bonds. The Balaban J connectivity index is 1.82. The molecule has 0 unspecified atom stereocenters. The Hall–Kier alpha value is -3.34. The number of rotatable bonds is 4. The van der Waals surface area contributed by atoms with Gasteiger partial charge >= 0.3 is 0 Å². The molecule has 4 aromatic carbocycles. The number of aryl methyl sites for hydroxylation is 1. The Morgan fingerprint density at radius 1 is 0.733 bits per heavy atom. The second-order valence-electron chi connectivity index (χ2n) is 7.00. The minimum Gasteiger partial charge on any atom is -0.494 e. The van der Waals surface area contributed by atoms with Crippen molar-refractivity contribution < 1.29 is 22.3 Å². The highest BCUT2D eigenvalue weighted by atomic mass is 19.1. The van der Waals surface area contributed by atoms with Crippen molar-refractivity contribution in [3.05, 3.63) is 89.5 Å². The first-order chi connectivity index (χ1) is 14.4. The summed E-state index contributed by atoms with van der Waals surface area (Å²) in [6.45, 7) is 2.01. The van der Waals surface area contributed by atoms with E-state index in [2.05, 4.69) is 0 Å². The third-order valence-corrected chi connectivity index (χ3v) is 5.22. The fraction of sp³-hybridized carbons (Fsp3) is 0.120. The van der Waals surface area contributed by atoms with Crippen molar-refractivity contribution in [2.24, 2.45) is 0 Å². The van der Waals surface area contributed by atoms with Crippen LogP contribution in [-0.4, -0.2) is 7.11 Å². The van der Waals surface area contributed by atoms with Gasteiger partial charge in [0.1, 0.15) is 17.5 Å². The largest absolute Gasteiger partial charge is 0.494 e. The molecule has 0 saturated carbocycles. The fourth-order valence-corrected chi connectivity index (χ4v) is 3.61. The van der Waals surface area contributed by atoms with E-state index in [1.54, 1.807) is 12.1 Å². The van der Waals surface area contributed by atoms with Gasteiger partial charge in [-0.15, -0.1) is 0 Å². The highest BCUT2D eigenvalue weighted by molar-refractivity contribution is 5.89. The first-order valence-corrected chi connectivity index (χ1v) is 9.47. The van der Waals surface area contributed by atoms with Crippen molar-refractivity contribution in [2.75, 3.05) is 7.11 Å². The Morgan fingerprint density at radius 3 is 2.07 bits per heavy atom. The average Bonchev–Trinajstić information content (AvgIpc) is 2.73. The number of hydrogen-bond donors (Lipinski definition) is 0. The lowest BCUT2D eigenvalue weighted by atomic mass is 9.96. The zero-order chi connectivity index (χ0) is 21.4. The molecular weight excluding hydrogens is 392 g/mol. The molecule has 0 aliphatic rings. The van der Waals surface area contributed by atoms with Crippen molar-refractivity contribution in [2.45, 2.75) is 13.3 Å². The summed E-state index contributed by atoms with van der Waals surface area (Å²) in [6.07, 6.45) is 0.823. The average molecular weight is 410 g/mol. The highest BCUT2D eigenvalue weighted by Crippen LogP contribution is 2.35. The maximum absolute atomic E-state index is 15.1. The second kappa shape index (κ2) is 7.82. The molecule has 152 valence electrons. The molecule has 4 aromatic rings. The van der Waals surface area contributed by atoms with Crippen LogP contribution < -0.4 is 4.74 Å². The highest BCUT2D eigenvalue weighted by Gasteiger charge is 2.18. The summed E-state index contributed by atoms with van der Waals surface area (Å²) in [5.41, 5.74) is 0.886. The van der Waals surface area contributed by atoms with Crippen LogP contribution in [0.4, 0.5) is 17.6 Å². The van der Waals surface area contributed by atoms with Crippen LogP contribution in [0.15, 0.2) is 60.7 Å². The van der Waals surface area contributed by atoms with Crippen LogP contribution in [-0.2, 0) is 6.42 Å². The van der Waals surface area contributed by atoms with Gasteiger partial charge in [-0.25, -0.2) is 17.6 Å². The van der Waals surface area contributed by atoms with Crippen LogP contribution in [0.2, 0.25) is 0 Å². The van der Waals surface area contributed by atoms with Crippen molar-refractivity contribution in [1.82, 2.24) is 0 Å². The zero-order valence-corrected chi connectivity index (χ0v) is 16.4. The summed E-state index contributed by atoms with van der Waals surface area (Å²) in [6, 6.07) is 14.4. The lowest BCUT2D eigenvalue weighted by Gasteiger charge is -2.12. The summed E-state index contributed by atoms with van der Waals surface area (Å²) in [7, 11) is 1.30. The Bertz CT molecular complexity index is 1240. The van der Waals surface area contributed by atoms with E-state index in [9.17, 15) is 13.2 Å². The van der Waals surface area contributed by atoms with Gasteiger partial charge in [0, 0.05) is 10.9 Å². The van der Waals surface area contributed by atoms with Crippen LogP contribution in [0.25, 0.3) is 33.0 Å². The number of methoxy groups -OCH3 is 1. The van der Waals surface area contributed by atoms with E-state index in [1.807, 2.05) is 19.1 Å². The molecule has 0 fully saturated rings. The Kier molecular flexibility index (Phi) is 5.20. The van der Waals surface area contributed by atoms with Crippen molar-refractivity contribution in [3.63, 3.8) is 0 Å². The van der Waals surface area contributed by atoms with Gasteiger partial charge in [-0.05, 0) is 52.8 Å². The van der Waals surface area contributed by atoms with E-state index in [0.29, 0.717) is 5.39 Å². The molecule has 0 saturated heterocycles. The number of ether oxygens (including phenoxy) is 1. The molecule has 0 bridgehead atoms. The molecule has 0 radical (unpaired) electrons. The van der Waals surface area contributed by atoms with E-state index >= 15 is 4.39 Å². The van der Waals surface area contributed by atoms with E-state index in [1.165, 1.54) is 25.3 Å². The zero-order valence-electron chi connectivity index (χ0n) is 16.4. The van der Waals surface area contributed by atoms with E-state index in [-0.39, 0.29) is 28.0 Å². The monoisotopic (exact) mass is 410 g/mol. The van der Waals surface area contributed by atoms with Crippen LogP contribution in [0, 0.1) is 23.3 Å². The van der Waals surface area contributed by atoms with Crippen LogP contribution >= 0.6 is 0 Å². The molecule has 1 nitrogen and oxygen atoms in total. The maximum atomic E-state index is 15.1. The van der Waals surface area contributed by atoms with Crippen LogP contribution in [0.1, 0.15) is 12.5 Å². The third-order valence-electron chi connectivity index (χ3n) is 5.22. The smallest absolute Gasteiger partial charge is 0.165 e. The molecule has 0 aromatic heterocycles. The molecule has 0 heterocycles. The first kappa shape index (κ1) is 20.0. The standard InChI is InChI=1S/C25H18F4O/c1-3-14-4-7-18-15(10-14)5-8-19(25(18)29)17-12-21(27)24(22(28)13-17)16-6-9-23(30-2)20(26)11-16/h4-13H,3H2,1-2H3. The summed E-state index contributed by atoms with van der Waals surface area (Å²) >= 11 is 0. The van der Waals surface area contributed by atoms with Gasteiger partial charge in [-0.3, -0.25) is 0 Å². The number of benzene rings is 4. The summed E-state index contributed by atoms with van der Waals surface area (Å²) in [5, 5.41) is 1.11. The first-order valence-electron chi connectivity index (χ1n) is 9.47. The van der Waals surface area contributed by atoms with Gasteiger partial charge in [0.25, 0.3) is 0 Å². The molecule has 30 heavy (non-hydrogen) atoms. The number of fused-ring (bicyclic) bond motifs is 1. The van der Waals surface area contributed by atoms with Crippen LogP contribution in [0.5, 0.6) is 5.75 Å². The molecule has 0 atom stereocenters. The summed E-state index contributed by atoms with van der Waals surface area (Å²) in [4.78, 5) is 0. The fourth-order valence-electron chi connectivity index (χ4n) is 3.61. The second-order valence-corrected chi connectivity index (χ2v) is 7.00. The van der Waals surface area contributed by atoms with Crippen LogP contribution in [0.3, 0.4) is 0 Å². The summed E-state index contributed by atoms with van der Waals surface area (Å²) in [5.74, 6) is -3.12. The van der Waals surface area contributed by atoms with Crippen molar-refractivity contribution in [1.29, 1.82) is 0 Å². The molecule has 4 rings (SSSR count). The van der Waals surface area contributed by atoms with Gasteiger partial charge in [0.2, 0.25) is 0 Å². The third kappa shape index (κ3) is 3.41. The lowest BCUT2D eigenvalue weighted by molar-refractivity contribution is 0.386. The Labute approximate surface area is 171 Å². The molecule has 5 heteroatoms.